The van der Waals surface area contributed by atoms with Crippen LogP contribution in [-0.4, -0.2) is 23.3 Å². The van der Waals surface area contributed by atoms with Gasteiger partial charge in [0.15, 0.2) is 0 Å². The van der Waals surface area contributed by atoms with E-state index in [4.69, 9.17) is 5.73 Å². The fourth-order valence-electron chi connectivity index (χ4n) is 1.16. The standard InChI is InChI=1S/C8H14N4O2/c1-7(6-9)11-8(12(13)14)4-2-3-5-10-8/h2-5,7,10-11H,6,9H2,1H3. The number of rotatable bonds is 4. The number of allylic oxidation sites excluding steroid dienone is 2. The van der Waals surface area contributed by atoms with Crippen molar-refractivity contribution in [3.63, 3.8) is 0 Å². The van der Waals surface area contributed by atoms with E-state index in [-0.39, 0.29) is 6.04 Å². The van der Waals surface area contributed by atoms with Crippen molar-refractivity contribution in [2.75, 3.05) is 6.54 Å². The van der Waals surface area contributed by atoms with Gasteiger partial charge < -0.3 is 11.1 Å². The van der Waals surface area contributed by atoms with Crippen LogP contribution < -0.4 is 16.4 Å². The smallest absolute Gasteiger partial charge is 0.329 e. The highest BCUT2D eigenvalue weighted by Crippen LogP contribution is 2.09. The summed E-state index contributed by atoms with van der Waals surface area (Å²) in [6, 6.07) is -0.135. The van der Waals surface area contributed by atoms with Crippen molar-refractivity contribution in [2.45, 2.75) is 18.8 Å². The van der Waals surface area contributed by atoms with Crippen LogP contribution in [0.5, 0.6) is 0 Å². The van der Waals surface area contributed by atoms with E-state index in [1.54, 1.807) is 19.1 Å². The highest BCUT2D eigenvalue weighted by Gasteiger charge is 2.40. The van der Waals surface area contributed by atoms with Gasteiger partial charge in [0, 0.05) is 24.9 Å². The second-order valence-electron chi connectivity index (χ2n) is 3.17. The highest BCUT2D eigenvalue weighted by molar-refractivity contribution is 5.15. The van der Waals surface area contributed by atoms with Gasteiger partial charge in [-0.1, -0.05) is 6.08 Å². The first kappa shape index (κ1) is 10.7. The average Bonchev–Trinajstić information content (AvgIpc) is 2.19. The molecule has 0 radical (unpaired) electrons. The molecule has 0 aromatic rings. The molecule has 0 amide bonds. The van der Waals surface area contributed by atoms with E-state index in [0.29, 0.717) is 6.54 Å². The van der Waals surface area contributed by atoms with E-state index in [9.17, 15) is 10.1 Å². The van der Waals surface area contributed by atoms with Crippen molar-refractivity contribution < 1.29 is 4.92 Å². The summed E-state index contributed by atoms with van der Waals surface area (Å²) in [5, 5.41) is 16.4. The van der Waals surface area contributed by atoms with Crippen LogP contribution in [-0.2, 0) is 0 Å². The van der Waals surface area contributed by atoms with Crippen LogP contribution in [0.15, 0.2) is 24.4 Å². The molecule has 2 atom stereocenters. The predicted octanol–water partition coefficient (Wildman–Crippen LogP) is -0.473. The minimum atomic E-state index is -1.42. The number of hydrogen-bond acceptors (Lipinski definition) is 5. The van der Waals surface area contributed by atoms with Gasteiger partial charge in [-0.3, -0.25) is 10.1 Å². The minimum Gasteiger partial charge on any atom is -0.329 e. The molecule has 1 rings (SSSR count). The molecule has 0 fully saturated rings. The topological polar surface area (TPSA) is 93.2 Å². The van der Waals surface area contributed by atoms with Gasteiger partial charge in [-0.05, 0) is 13.0 Å². The molecule has 0 spiro atoms. The Balaban J connectivity index is 2.78. The first-order chi connectivity index (χ1) is 6.60. The quantitative estimate of drug-likeness (QED) is 0.322. The van der Waals surface area contributed by atoms with Crippen LogP contribution in [0.4, 0.5) is 0 Å². The van der Waals surface area contributed by atoms with Crippen molar-refractivity contribution in [3.05, 3.63) is 34.5 Å². The Morgan fingerprint density at radius 1 is 1.71 bits per heavy atom. The summed E-state index contributed by atoms with van der Waals surface area (Å²) < 4.78 is 0. The van der Waals surface area contributed by atoms with Crippen LogP contribution in [0.2, 0.25) is 0 Å². The molecule has 1 aliphatic rings. The average molecular weight is 198 g/mol. The molecule has 6 heteroatoms. The molecule has 1 heterocycles. The van der Waals surface area contributed by atoms with Crippen molar-refractivity contribution in [3.8, 4) is 0 Å². The SMILES string of the molecule is CC(CN)NC1([N+](=O)[O-])C=CC=CN1. The highest BCUT2D eigenvalue weighted by atomic mass is 16.6. The Bertz CT molecular complexity index is 277. The second kappa shape index (κ2) is 4.21. The molecule has 1 aliphatic heterocycles. The van der Waals surface area contributed by atoms with Crippen molar-refractivity contribution in [1.29, 1.82) is 0 Å². The molecule has 0 aromatic carbocycles. The molecular weight excluding hydrogens is 184 g/mol. The van der Waals surface area contributed by atoms with E-state index < -0.39 is 10.7 Å². The Morgan fingerprint density at radius 2 is 2.43 bits per heavy atom. The van der Waals surface area contributed by atoms with E-state index in [0.717, 1.165) is 0 Å². The number of nitrogens with two attached hydrogens (primary N) is 1. The third-order valence-corrected chi connectivity index (χ3v) is 1.96. The molecule has 0 aliphatic carbocycles. The maximum Gasteiger partial charge on any atom is 0.373 e. The zero-order valence-corrected chi connectivity index (χ0v) is 7.93. The Kier molecular flexibility index (Phi) is 3.21. The number of nitrogens with one attached hydrogen (secondary N) is 2. The second-order valence-corrected chi connectivity index (χ2v) is 3.17. The van der Waals surface area contributed by atoms with E-state index in [1.165, 1.54) is 12.3 Å². The van der Waals surface area contributed by atoms with Gasteiger partial charge in [-0.2, -0.15) is 0 Å². The summed E-state index contributed by atoms with van der Waals surface area (Å²) in [4.78, 5) is 10.5. The zero-order chi connectivity index (χ0) is 10.6. The maximum atomic E-state index is 10.9. The third kappa shape index (κ3) is 2.09. The first-order valence-electron chi connectivity index (χ1n) is 4.35. The molecule has 0 saturated heterocycles. The van der Waals surface area contributed by atoms with Gasteiger partial charge in [-0.25, -0.2) is 5.32 Å². The summed E-state index contributed by atoms with van der Waals surface area (Å²) >= 11 is 0. The number of hydrogen-bond donors (Lipinski definition) is 3. The molecular formula is C8H14N4O2. The van der Waals surface area contributed by atoms with Gasteiger partial charge in [0.25, 0.3) is 0 Å². The van der Waals surface area contributed by atoms with Crippen molar-refractivity contribution in [2.24, 2.45) is 5.73 Å². The van der Waals surface area contributed by atoms with E-state index in [1.807, 2.05) is 0 Å². The lowest BCUT2D eigenvalue weighted by Gasteiger charge is -2.27. The van der Waals surface area contributed by atoms with Crippen LogP contribution >= 0.6 is 0 Å². The molecule has 0 saturated carbocycles. The lowest BCUT2D eigenvalue weighted by molar-refractivity contribution is -0.570. The van der Waals surface area contributed by atoms with Gasteiger partial charge >= 0.3 is 5.79 Å². The van der Waals surface area contributed by atoms with Gasteiger partial charge in [0.1, 0.15) is 0 Å². The normalized spacial score (nSPS) is 27.0. The van der Waals surface area contributed by atoms with E-state index in [2.05, 4.69) is 10.6 Å². The van der Waals surface area contributed by atoms with E-state index >= 15 is 0 Å². The van der Waals surface area contributed by atoms with Crippen LogP contribution in [0.3, 0.4) is 0 Å². The van der Waals surface area contributed by atoms with Gasteiger partial charge in [-0.15, -0.1) is 0 Å². The van der Waals surface area contributed by atoms with Gasteiger partial charge in [0.05, 0.1) is 4.92 Å². The van der Waals surface area contributed by atoms with Crippen LogP contribution in [0.25, 0.3) is 0 Å². The Morgan fingerprint density at radius 3 is 2.86 bits per heavy atom. The number of nitro groups is 1. The zero-order valence-electron chi connectivity index (χ0n) is 7.93. The third-order valence-electron chi connectivity index (χ3n) is 1.96. The summed E-state index contributed by atoms with van der Waals surface area (Å²) in [7, 11) is 0. The Hall–Kier alpha value is -1.40. The van der Waals surface area contributed by atoms with Gasteiger partial charge in [0.2, 0.25) is 0 Å². The molecule has 0 bridgehead atoms. The summed E-state index contributed by atoms with van der Waals surface area (Å²) in [5.41, 5.74) is 5.39. The molecule has 14 heavy (non-hydrogen) atoms. The van der Waals surface area contributed by atoms with Crippen LogP contribution in [0.1, 0.15) is 6.92 Å². The summed E-state index contributed by atoms with van der Waals surface area (Å²) in [6.07, 6.45) is 6.30. The fraction of sp³-hybridized carbons (Fsp3) is 0.500. The monoisotopic (exact) mass is 198 g/mol. The largest absolute Gasteiger partial charge is 0.373 e. The Labute approximate surface area is 82.0 Å². The maximum absolute atomic E-state index is 10.9. The van der Waals surface area contributed by atoms with Crippen LogP contribution in [0, 0.1) is 10.1 Å². The molecule has 6 nitrogen and oxygen atoms in total. The fourth-order valence-corrected chi connectivity index (χ4v) is 1.16. The molecule has 2 unspecified atom stereocenters. The molecule has 78 valence electrons. The lowest BCUT2D eigenvalue weighted by atomic mass is 10.2. The number of dihydropyridines is 1. The molecule has 0 aromatic heterocycles. The number of nitrogens with zero attached hydrogens (tertiary/aromatic N) is 1. The molecule has 4 N–H and O–H groups in total. The first-order valence-corrected chi connectivity index (χ1v) is 4.35. The van der Waals surface area contributed by atoms with Crippen molar-refractivity contribution >= 4 is 0 Å². The van der Waals surface area contributed by atoms with Crippen molar-refractivity contribution in [1.82, 2.24) is 10.6 Å². The minimum absolute atomic E-state index is 0.135. The lowest BCUT2D eigenvalue weighted by Crippen LogP contribution is -2.63. The summed E-state index contributed by atoms with van der Waals surface area (Å²) in [6.45, 7) is 2.13. The predicted molar refractivity (Wildman–Crippen MR) is 52.8 cm³/mol. The summed E-state index contributed by atoms with van der Waals surface area (Å²) in [5.74, 6) is -1.42.